The Labute approximate surface area is 198 Å². The van der Waals surface area contributed by atoms with Crippen molar-refractivity contribution in [3.63, 3.8) is 0 Å². The van der Waals surface area contributed by atoms with Crippen molar-refractivity contribution < 1.29 is 37.4 Å². The van der Waals surface area contributed by atoms with E-state index in [-0.39, 0.29) is 35.4 Å². The third-order valence-corrected chi connectivity index (χ3v) is 5.12. The topological polar surface area (TPSA) is 102 Å². The van der Waals surface area contributed by atoms with Crippen molar-refractivity contribution in [1.29, 1.82) is 0 Å². The molecule has 0 saturated heterocycles. The highest BCUT2D eigenvalue weighted by molar-refractivity contribution is 6.21. The Bertz CT molecular complexity index is 1260. The first-order valence-electron chi connectivity index (χ1n) is 10.4. The zero-order valence-corrected chi connectivity index (χ0v) is 18.1. The maximum Gasteiger partial charge on any atom is 0.387 e. The molecule has 3 aromatic rings. The first kappa shape index (κ1) is 23.6. The minimum atomic E-state index is -3.06. The zero-order valence-electron chi connectivity index (χ0n) is 18.1. The number of esters is 1. The molecule has 0 fully saturated rings. The highest BCUT2D eigenvalue weighted by Gasteiger charge is 2.34. The third-order valence-electron chi connectivity index (χ3n) is 5.12. The first-order valence-corrected chi connectivity index (χ1v) is 10.4. The number of anilines is 1. The average Bonchev–Trinajstić information content (AvgIpc) is 3.09. The fourth-order valence-corrected chi connectivity index (χ4v) is 3.48. The van der Waals surface area contributed by atoms with Crippen LogP contribution in [0.5, 0.6) is 5.75 Å². The van der Waals surface area contributed by atoms with Crippen LogP contribution in [0, 0.1) is 0 Å². The molecule has 0 bridgehead atoms. The summed E-state index contributed by atoms with van der Waals surface area (Å²) in [5.41, 5.74) is 1.46. The predicted molar refractivity (Wildman–Crippen MR) is 119 cm³/mol. The van der Waals surface area contributed by atoms with Crippen LogP contribution < -0.4 is 10.1 Å². The lowest BCUT2D eigenvalue weighted by Crippen LogP contribution is -2.29. The van der Waals surface area contributed by atoms with Gasteiger partial charge >= 0.3 is 12.6 Å². The molecule has 35 heavy (non-hydrogen) atoms. The van der Waals surface area contributed by atoms with Gasteiger partial charge in [0.25, 0.3) is 17.7 Å². The van der Waals surface area contributed by atoms with Gasteiger partial charge in [-0.2, -0.15) is 8.78 Å². The Morgan fingerprint density at radius 3 is 2.09 bits per heavy atom. The Morgan fingerprint density at radius 1 is 0.857 bits per heavy atom. The lowest BCUT2D eigenvalue weighted by Gasteiger charge is -2.14. The molecular formula is C25H18F2N2O6. The number of alkyl halides is 2. The zero-order chi connectivity index (χ0) is 24.9. The summed E-state index contributed by atoms with van der Waals surface area (Å²) in [6, 6.07) is 18.2. The highest BCUT2D eigenvalue weighted by Crippen LogP contribution is 2.26. The smallest absolute Gasteiger partial charge is 0.387 e. The van der Waals surface area contributed by atoms with E-state index in [0.29, 0.717) is 16.7 Å². The van der Waals surface area contributed by atoms with Gasteiger partial charge in [0.1, 0.15) is 5.75 Å². The minimum Gasteiger partial charge on any atom is -0.452 e. The maximum atomic E-state index is 12.5. The van der Waals surface area contributed by atoms with Crippen molar-refractivity contribution in [1.82, 2.24) is 4.90 Å². The number of amides is 3. The number of benzene rings is 3. The summed E-state index contributed by atoms with van der Waals surface area (Å²) < 4.78 is 34.3. The molecule has 1 heterocycles. The summed E-state index contributed by atoms with van der Waals surface area (Å²) >= 11 is 0. The van der Waals surface area contributed by atoms with Crippen molar-refractivity contribution in [3.8, 4) is 5.75 Å². The second-order valence-electron chi connectivity index (χ2n) is 7.44. The van der Waals surface area contributed by atoms with Crippen LogP contribution in [-0.4, -0.2) is 41.8 Å². The summed E-state index contributed by atoms with van der Waals surface area (Å²) in [7, 11) is 0. The molecule has 4 rings (SSSR count). The molecule has 0 atom stereocenters. The normalized spacial score (nSPS) is 12.5. The second kappa shape index (κ2) is 10.1. The number of carbonyl (C=O) groups excluding carboxylic acids is 4. The molecule has 0 saturated carbocycles. The maximum absolute atomic E-state index is 12.5. The van der Waals surface area contributed by atoms with Crippen LogP contribution in [-0.2, 0) is 16.1 Å². The SMILES string of the molecule is O=C(COC(=O)c1ccc(CN2C(=O)c3ccccc3C2=O)cc1)Nc1ccccc1OC(F)F. The van der Waals surface area contributed by atoms with Crippen LogP contribution in [0.2, 0.25) is 0 Å². The third kappa shape index (κ3) is 5.32. The Hall–Kier alpha value is -4.60. The van der Waals surface area contributed by atoms with Crippen LogP contribution in [0.3, 0.4) is 0 Å². The fraction of sp³-hybridized carbons (Fsp3) is 0.120. The number of imide groups is 1. The molecule has 10 heteroatoms. The van der Waals surface area contributed by atoms with E-state index in [1.807, 2.05) is 0 Å². The van der Waals surface area contributed by atoms with E-state index in [9.17, 15) is 28.0 Å². The number of nitrogens with one attached hydrogen (secondary N) is 1. The summed E-state index contributed by atoms with van der Waals surface area (Å²) in [4.78, 5) is 50.5. The van der Waals surface area contributed by atoms with Crippen molar-refractivity contribution in [2.45, 2.75) is 13.2 Å². The van der Waals surface area contributed by atoms with Gasteiger partial charge in [0.15, 0.2) is 6.61 Å². The summed E-state index contributed by atoms with van der Waals surface area (Å²) in [5, 5.41) is 2.34. The highest BCUT2D eigenvalue weighted by atomic mass is 19.3. The molecule has 0 spiro atoms. The fourth-order valence-electron chi connectivity index (χ4n) is 3.48. The quantitative estimate of drug-likeness (QED) is 0.388. The molecule has 0 aliphatic carbocycles. The molecule has 1 N–H and O–H groups in total. The largest absolute Gasteiger partial charge is 0.452 e. The number of para-hydroxylation sites is 2. The number of hydrogen-bond acceptors (Lipinski definition) is 6. The van der Waals surface area contributed by atoms with Crippen molar-refractivity contribution in [2.24, 2.45) is 0 Å². The van der Waals surface area contributed by atoms with Crippen molar-refractivity contribution in [2.75, 3.05) is 11.9 Å². The second-order valence-corrected chi connectivity index (χ2v) is 7.44. The van der Waals surface area contributed by atoms with E-state index in [1.54, 1.807) is 36.4 Å². The van der Waals surface area contributed by atoms with Crippen LogP contribution in [0.4, 0.5) is 14.5 Å². The van der Waals surface area contributed by atoms with Crippen molar-refractivity contribution in [3.05, 3.63) is 95.1 Å². The Balaban J connectivity index is 1.32. The van der Waals surface area contributed by atoms with Gasteiger partial charge in [-0.1, -0.05) is 36.4 Å². The van der Waals surface area contributed by atoms with Gasteiger partial charge in [-0.25, -0.2) is 4.79 Å². The summed E-state index contributed by atoms with van der Waals surface area (Å²) in [6.45, 7) is -3.69. The standard InChI is InChI=1S/C25H18F2N2O6/c26-25(27)35-20-8-4-3-7-19(20)28-21(30)14-34-24(33)16-11-9-15(10-12-16)13-29-22(31)17-5-1-2-6-18(17)23(29)32/h1-12,25H,13-14H2,(H,28,30). The van der Waals surface area contributed by atoms with Crippen molar-refractivity contribution >= 4 is 29.4 Å². The Morgan fingerprint density at radius 2 is 1.46 bits per heavy atom. The number of fused-ring (bicyclic) bond motifs is 1. The van der Waals surface area contributed by atoms with Gasteiger partial charge in [-0.3, -0.25) is 19.3 Å². The average molecular weight is 480 g/mol. The molecule has 3 aromatic carbocycles. The molecule has 1 aliphatic heterocycles. The molecule has 1 aliphatic rings. The van der Waals surface area contributed by atoms with E-state index in [0.717, 1.165) is 4.90 Å². The van der Waals surface area contributed by atoms with E-state index in [2.05, 4.69) is 10.1 Å². The molecule has 3 amide bonds. The van der Waals surface area contributed by atoms with Gasteiger partial charge in [0, 0.05) is 0 Å². The Kier molecular flexibility index (Phi) is 6.81. The summed E-state index contributed by atoms with van der Waals surface area (Å²) in [5.74, 6) is -2.53. The minimum absolute atomic E-state index is 0.00589. The molecular weight excluding hydrogens is 462 g/mol. The number of ether oxygens (including phenoxy) is 2. The van der Waals surface area contributed by atoms with E-state index in [4.69, 9.17) is 4.74 Å². The van der Waals surface area contributed by atoms with Crippen LogP contribution in [0.25, 0.3) is 0 Å². The monoisotopic (exact) mass is 480 g/mol. The number of halogens is 2. The molecule has 0 radical (unpaired) electrons. The molecule has 0 aromatic heterocycles. The predicted octanol–water partition coefficient (Wildman–Crippen LogP) is 3.88. The lowest BCUT2D eigenvalue weighted by atomic mass is 10.1. The van der Waals surface area contributed by atoms with Gasteiger partial charge in [-0.15, -0.1) is 0 Å². The van der Waals surface area contributed by atoms with E-state index < -0.39 is 25.1 Å². The van der Waals surface area contributed by atoms with Gasteiger partial charge in [0.2, 0.25) is 0 Å². The molecule has 8 nitrogen and oxygen atoms in total. The van der Waals surface area contributed by atoms with E-state index in [1.165, 1.54) is 36.4 Å². The molecule has 0 unspecified atom stereocenters. The number of rotatable bonds is 8. The van der Waals surface area contributed by atoms with Crippen LogP contribution in [0.1, 0.15) is 36.6 Å². The lowest BCUT2D eigenvalue weighted by molar-refractivity contribution is -0.119. The number of hydrogen-bond donors (Lipinski definition) is 1. The number of nitrogens with zero attached hydrogens (tertiary/aromatic N) is 1. The van der Waals surface area contributed by atoms with Gasteiger partial charge < -0.3 is 14.8 Å². The summed E-state index contributed by atoms with van der Waals surface area (Å²) in [6.07, 6.45) is 0. The molecule has 178 valence electrons. The number of carbonyl (C=O) groups is 4. The first-order chi connectivity index (χ1) is 16.8. The van der Waals surface area contributed by atoms with E-state index >= 15 is 0 Å². The van der Waals surface area contributed by atoms with Gasteiger partial charge in [-0.05, 0) is 42.0 Å². The van der Waals surface area contributed by atoms with Crippen LogP contribution in [0.15, 0.2) is 72.8 Å². The van der Waals surface area contributed by atoms with Crippen LogP contribution >= 0.6 is 0 Å². The van der Waals surface area contributed by atoms with Gasteiger partial charge in [0.05, 0.1) is 28.9 Å².